The molecule has 0 radical (unpaired) electrons. The molecular formula is C19H12Cl4O5S. The summed E-state index contributed by atoms with van der Waals surface area (Å²) >= 11 is 24.3. The van der Waals surface area contributed by atoms with Gasteiger partial charge in [-0.2, -0.15) is 8.42 Å². The maximum atomic E-state index is 12.9. The molecule has 1 atom stereocenters. The Balaban J connectivity index is 2.58. The van der Waals surface area contributed by atoms with Crippen LogP contribution in [0, 0.1) is 0 Å². The van der Waals surface area contributed by atoms with Crippen molar-refractivity contribution in [3.8, 4) is 11.5 Å². The molecule has 0 saturated heterocycles. The lowest BCUT2D eigenvalue weighted by Crippen LogP contribution is -2.38. The van der Waals surface area contributed by atoms with E-state index in [0.29, 0.717) is 0 Å². The van der Waals surface area contributed by atoms with Gasteiger partial charge in [0.2, 0.25) is 0 Å². The van der Waals surface area contributed by atoms with E-state index in [9.17, 15) is 23.2 Å². The molecule has 0 aliphatic rings. The second-order valence-corrected chi connectivity index (χ2v) is 9.28. The van der Waals surface area contributed by atoms with Gasteiger partial charge in [0, 0.05) is 10.6 Å². The van der Waals surface area contributed by atoms with Crippen molar-refractivity contribution in [3.05, 3.63) is 91.4 Å². The highest BCUT2D eigenvalue weighted by Crippen LogP contribution is 2.49. The lowest BCUT2D eigenvalue weighted by Gasteiger charge is -2.33. The lowest BCUT2D eigenvalue weighted by molar-refractivity contribution is 0.455. The predicted molar refractivity (Wildman–Crippen MR) is 114 cm³/mol. The zero-order valence-corrected chi connectivity index (χ0v) is 18.1. The normalized spacial score (nSPS) is 13.8. The average Bonchev–Trinajstić information content (AvgIpc) is 2.63. The molecule has 10 heteroatoms. The van der Waals surface area contributed by atoms with Crippen LogP contribution in [0.1, 0.15) is 16.7 Å². The van der Waals surface area contributed by atoms with Gasteiger partial charge in [0.25, 0.3) is 10.1 Å². The van der Waals surface area contributed by atoms with Crippen molar-refractivity contribution >= 4 is 56.5 Å². The molecule has 0 aliphatic heterocycles. The minimum atomic E-state index is -5.02. The van der Waals surface area contributed by atoms with E-state index in [1.54, 1.807) is 6.07 Å². The van der Waals surface area contributed by atoms with Crippen molar-refractivity contribution in [2.75, 3.05) is 0 Å². The van der Waals surface area contributed by atoms with E-state index in [1.807, 2.05) is 0 Å². The Labute approximate surface area is 186 Å². The van der Waals surface area contributed by atoms with Gasteiger partial charge in [0.15, 0.2) is 10.5 Å². The van der Waals surface area contributed by atoms with E-state index in [-0.39, 0.29) is 36.8 Å². The Morgan fingerprint density at radius 3 is 1.83 bits per heavy atom. The fourth-order valence-electron chi connectivity index (χ4n) is 3.16. The largest absolute Gasteiger partial charge is 0.506 e. The van der Waals surface area contributed by atoms with Crippen LogP contribution < -0.4 is 0 Å². The van der Waals surface area contributed by atoms with Crippen molar-refractivity contribution < 1.29 is 23.2 Å². The van der Waals surface area contributed by atoms with Gasteiger partial charge in [0.1, 0.15) is 5.75 Å². The molecule has 0 bridgehead atoms. The Morgan fingerprint density at radius 2 is 1.31 bits per heavy atom. The quantitative estimate of drug-likeness (QED) is 0.311. The van der Waals surface area contributed by atoms with E-state index in [4.69, 9.17) is 46.4 Å². The first-order chi connectivity index (χ1) is 13.5. The fraction of sp³-hybridized carbons (Fsp3) is 0.0526. The van der Waals surface area contributed by atoms with Crippen LogP contribution in [0.4, 0.5) is 0 Å². The molecule has 3 aromatic carbocycles. The van der Waals surface area contributed by atoms with Crippen molar-refractivity contribution in [1.29, 1.82) is 0 Å². The third-order valence-electron chi connectivity index (χ3n) is 4.42. The highest BCUT2D eigenvalue weighted by molar-refractivity contribution is 7.87. The molecule has 29 heavy (non-hydrogen) atoms. The minimum absolute atomic E-state index is 0.0138. The summed E-state index contributed by atoms with van der Waals surface area (Å²) in [7, 11) is -5.02. The highest BCUT2D eigenvalue weighted by Gasteiger charge is 2.50. The van der Waals surface area contributed by atoms with Gasteiger partial charge in [-0.05, 0) is 41.5 Å². The first-order valence-electron chi connectivity index (χ1n) is 7.89. The minimum Gasteiger partial charge on any atom is -0.506 e. The van der Waals surface area contributed by atoms with Crippen LogP contribution in [0.15, 0.2) is 54.6 Å². The van der Waals surface area contributed by atoms with Gasteiger partial charge in [-0.3, -0.25) is 4.55 Å². The number of hydrogen-bond acceptors (Lipinski definition) is 4. The monoisotopic (exact) mass is 492 g/mol. The van der Waals surface area contributed by atoms with Crippen LogP contribution in [0.25, 0.3) is 0 Å². The number of rotatable bonds is 4. The maximum Gasteiger partial charge on any atom is 0.283 e. The molecule has 0 aromatic heterocycles. The first-order valence-corrected chi connectivity index (χ1v) is 10.8. The van der Waals surface area contributed by atoms with E-state index in [1.165, 1.54) is 30.3 Å². The van der Waals surface area contributed by atoms with Gasteiger partial charge in [-0.15, -0.1) is 0 Å². The summed E-state index contributed by atoms with van der Waals surface area (Å²) in [5.74, 6) is -0.875. The Hall–Kier alpha value is -1.67. The Kier molecular flexibility index (Phi) is 5.98. The van der Waals surface area contributed by atoms with Crippen LogP contribution in [-0.2, 0) is 14.9 Å². The number of aromatic hydroxyl groups is 2. The van der Waals surface area contributed by atoms with E-state index in [2.05, 4.69) is 0 Å². The molecule has 3 rings (SSSR count). The van der Waals surface area contributed by atoms with Crippen molar-refractivity contribution in [1.82, 2.24) is 0 Å². The number of phenols is 2. The van der Waals surface area contributed by atoms with E-state index >= 15 is 0 Å². The average molecular weight is 494 g/mol. The number of hydrogen-bond donors (Lipinski definition) is 3. The molecule has 152 valence electrons. The molecule has 0 aliphatic carbocycles. The SMILES string of the molecule is O=S(=O)(O)C(c1ccc(Cl)c(O)c1)(c1cc(Cl)c(O)c(Cl)c1)c1ccccc1Cl. The number of halogens is 4. The molecule has 3 aromatic rings. The summed E-state index contributed by atoms with van der Waals surface area (Å²) in [5.41, 5.74) is -0.209. The van der Waals surface area contributed by atoms with Crippen molar-refractivity contribution in [2.45, 2.75) is 4.75 Å². The molecular weight excluding hydrogens is 482 g/mol. The van der Waals surface area contributed by atoms with Crippen LogP contribution in [0.2, 0.25) is 20.1 Å². The second kappa shape index (κ2) is 7.87. The third kappa shape index (κ3) is 3.65. The molecule has 0 spiro atoms. The smallest absolute Gasteiger partial charge is 0.283 e. The van der Waals surface area contributed by atoms with Crippen LogP contribution in [0.5, 0.6) is 11.5 Å². The summed E-state index contributed by atoms with van der Waals surface area (Å²) in [6.45, 7) is 0. The summed E-state index contributed by atoms with van der Waals surface area (Å²) in [6.07, 6.45) is 0. The highest BCUT2D eigenvalue weighted by atomic mass is 35.5. The fourth-order valence-corrected chi connectivity index (χ4v) is 5.40. The number of phenolic OH excluding ortho intramolecular Hbond substituents is 2. The zero-order chi connectivity index (χ0) is 21.6. The van der Waals surface area contributed by atoms with Gasteiger partial charge in [-0.1, -0.05) is 70.7 Å². The molecule has 0 amide bonds. The standard InChI is InChI=1S/C19H12Cl4O5S/c20-13-4-2-1-3-12(13)19(29(26,27)28,10-5-6-14(21)17(24)9-10)11-7-15(22)18(25)16(23)8-11/h1-9,24-25H,(H,26,27,28). The molecule has 0 fully saturated rings. The first kappa shape index (κ1) is 22.0. The summed E-state index contributed by atoms with van der Waals surface area (Å²) < 4.78 is 34.0. The third-order valence-corrected chi connectivity index (χ3v) is 7.11. The van der Waals surface area contributed by atoms with E-state index < -0.39 is 26.4 Å². The van der Waals surface area contributed by atoms with Gasteiger partial charge in [-0.25, -0.2) is 0 Å². The lowest BCUT2D eigenvalue weighted by atomic mass is 9.83. The molecule has 0 saturated carbocycles. The molecule has 1 unspecified atom stereocenters. The summed E-state index contributed by atoms with van der Waals surface area (Å²) in [6, 6.07) is 11.9. The molecule has 3 N–H and O–H groups in total. The second-order valence-electron chi connectivity index (χ2n) is 6.09. The van der Waals surface area contributed by atoms with Crippen LogP contribution in [-0.4, -0.2) is 23.2 Å². The Bertz CT molecular complexity index is 1190. The number of benzene rings is 3. The van der Waals surface area contributed by atoms with Gasteiger partial charge in [0.05, 0.1) is 15.1 Å². The van der Waals surface area contributed by atoms with Gasteiger partial charge < -0.3 is 10.2 Å². The summed E-state index contributed by atoms with van der Waals surface area (Å²) in [5, 5.41) is 19.5. The van der Waals surface area contributed by atoms with Gasteiger partial charge >= 0.3 is 0 Å². The van der Waals surface area contributed by atoms with Crippen LogP contribution >= 0.6 is 46.4 Å². The van der Waals surface area contributed by atoms with Crippen molar-refractivity contribution in [3.63, 3.8) is 0 Å². The predicted octanol–water partition coefficient (Wildman–Crippen LogP) is 5.89. The van der Waals surface area contributed by atoms with Crippen LogP contribution in [0.3, 0.4) is 0 Å². The topological polar surface area (TPSA) is 94.8 Å². The zero-order valence-electron chi connectivity index (χ0n) is 14.3. The molecule has 5 nitrogen and oxygen atoms in total. The summed E-state index contributed by atoms with van der Waals surface area (Å²) in [4.78, 5) is 0. The maximum absolute atomic E-state index is 12.9. The Morgan fingerprint density at radius 1 is 0.724 bits per heavy atom. The van der Waals surface area contributed by atoms with Crippen molar-refractivity contribution in [2.24, 2.45) is 0 Å². The van der Waals surface area contributed by atoms with E-state index in [0.717, 1.165) is 18.2 Å². The molecule has 0 heterocycles.